The van der Waals surface area contributed by atoms with Crippen molar-refractivity contribution in [1.82, 2.24) is 19.5 Å². The van der Waals surface area contributed by atoms with Crippen molar-refractivity contribution >= 4 is 35.6 Å². The van der Waals surface area contributed by atoms with E-state index in [0.717, 1.165) is 6.42 Å². The quantitative estimate of drug-likeness (QED) is 0.592. The summed E-state index contributed by atoms with van der Waals surface area (Å²) in [5.41, 5.74) is 1.65. The number of rotatable bonds is 2. The number of thiophene rings is 1. The minimum atomic E-state index is -0.729. The fourth-order valence-electron chi connectivity index (χ4n) is 4.16. The van der Waals surface area contributed by atoms with Gasteiger partial charge in [0.1, 0.15) is 11.2 Å². The van der Waals surface area contributed by atoms with E-state index in [0.29, 0.717) is 23.3 Å². The first-order valence-corrected chi connectivity index (χ1v) is 11.1. The Morgan fingerprint density at radius 2 is 2.00 bits per heavy atom. The van der Waals surface area contributed by atoms with E-state index in [1.165, 1.54) is 10.4 Å². The third-order valence-electron chi connectivity index (χ3n) is 6.65. The minimum Gasteiger partial charge on any atom is -0.398 e. The lowest BCUT2D eigenvalue weighted by Gasteiger charge is -2.33. The summed E-state index contributed by atoms with van der Waals surface area (Å²) in [7, 11) is -0.729. The highest BCUT2D eigenvalue weighted by molar-refractivity contribution is 7.10. The van der Waals surface area contributed by atoms with Crippen LogP contribution in [0.1, 0.15) is 61.5 Å². The molecule has 0 spiro atoms. The maximum absolute atomic E-state index is 13.8. The lowest BCUT2D eigenvalue weighted by Crippen LogP contribution is -2.44. The smallest absolute Gasteiger partial charge is 0.398 e. The number of carbonyl (C=O) groups excluding carboxylic acids is 1. The van der Waals surface area contributed by atoms with Crippen LogP contribution in [0.2, 0.25) is 0 Å². The highest BCUT2D eigenvalue weighted by Gasteiger charge is 2.54. The van der Waals surface area contributed by atoms with Crippen molar-refractivity contribution in [1.29, 1.82) is 0 Å². The van der Waals surface area contributed by atoms with Crippen molar-refractivity contribution in [3.63, 3.8) is 0 Å². The second kappa shape index (κ2) is 6.64. The molecule has 9 heteroatoms. The summed E-state index contributed by atoms with van der Waals surface area (Å²) < 4.78 is 14.1. The Labute approximate surface area is 180 Å². The third-order valence-corrected chi connectivity index (χ3v) is 7.65. The molecule has 2 aliphatic heterocycles. The van der Waals surface area contributed by atoms with E-state index in [2.05, 4.69) is 28.5 Å². The fourth-order valence-corrected chi connectivity index (χ4v) is 5.12. The monoisotopic (exact) mass is 424 g/mol. The van der Waals surface area contributed by atoms with Crippen LogP contribution >= 0.6 is 11.3 Å². The molecule has 156 valence electrons. The molecule has 0 saturated carbocycles. The molecule has 0 aliphatic carbocycles. The van der Waals surface area contributed by atoms with Gasteiger partial charge in [0.15, 0.2) is 5.65 Å². The lowest BCUT2D eigenvalue weighted by atomic mass is 9.81. The number of nitrogens with zero attached hydrogens (tertiary/aromatic N) is 4. The molecule has 1 saturated heterocycles. The number of fused-ring (bicyclic) bond motifs is 2. The van der Waals surface area contributed by atoms with Crippen LogP contribution in [0.4, 0.5) is 0 Å². The predicted molar refractivity (Wildman–Crippen MR) is 116 cm³/mol. The highest BCUT2D eigenvalue weighted by atomic mass is 32.1. The molecule has 3 aromatic rings. The molecule has 1 fully saturated rings. The van der Waals surface area contributed by atoms with Crippen molar-refractivity contribution in [2.24, 2.45) is 0 Å². The van der Waals surface area contributed by atoms with E-state index in [4.69, 9.17) is 9.31 Å². The highest BCUT2D eigenvalue weighted by Crippen LogP contribution is 2.37. The van der Waals surface area contributed by atoms with Gasteiger partial charge >= 0.3 is 7.12 Å². The van der Waals surface area contributed by atoms with Gasteiger partial charge in [-0.1, -0.05) is 0 Å². The van der Waals surface area contributed by atoms with Crippen molar-refractivity contribution < 1.29 is 14.1 Å². The second-order valence-electron chi connectivity index (χ2n) is 8.96. The van der Waals surface area contributed by atoms with Crippen LogP contribution in [0.5, 0.6) is 0 Å². The summed E-state index contributed by atoms with van der Waals surface area (Å²) in [6, 6.07) is 3.91. The van der Waals surface area contributed by atoms with Gasteiger partial charge in [0.25, 0.3) is 5.91 Å². The second-order valence-corrected chi connectivity index (χ2v) is 9.96. The summed E-state index contributed by atoms with van der Waals surface area (Å²) in [4.78, 5) is 21.6. The SMILES string of the molecule is C[C@@H]1c2ccsc2CCN1C(=O)c1c(B2OC(C)(C)C(C)(C)O2)nn2cccnc12. The molecular formula is C21H25BN4O3S. The van der Waals surface area contributed by atoms with Crippen LogP contribution in [-0.2, 0) is 15.7 Å². The Morgan fingerprint density at radius 1 is 1.27 bits per heavy atom. The van der Waals surface area contributed by atoms with Crippen molar-refractivity contribution in [3.8, 4) is 0 Å². The van der Waals surface area contributed by atoms with Gasteiger partial charge in [-0.3, -0.25) is 4.79 Å². The van der Waals surface area contributed by atoms with E-state index >= 15 is 0 Å². The predicted octanol–water partition coefficient (Wildman–Crippen LogP) is 2.85. The summed E-state index contributed by atoms with van der Waals surface area (Å²) in [5, 5.41) is 6.76. The third kappa shape index (κ3) is 2.83. The van der Waals surface area contributed by atoms with Crippen LogP contribution in [-0.4, -0.2) is 50.3 Å². The summed E-state index contributed by atoms with van der Waals surface area (Å²) in [5.74, 6) is -0.0854. The largest absolute Gasteiger partial charge is 0.517 e. The molecule has 5 heterocycles. The number of aromatic nitrogens is 3. The Bertz CT molecular complexity index is 1120. The minimum absolute atomic E-state index is 0.00249. The van der Waals surface area contributed by atoms with Gasteiger partial charge in [-0.05, 0) is 64.1 Å². The van der Waals surface area contributed by atoms with Gasteiger partial charge in [0.05, 0.1) is 17.2 Å². The van der Waals surface area contributed by atoms with Gasteiger partial charge in [-0.25, -0.2) is 9.50 Å². The van der Waals surface area contributed by atoms with E-state index in [1.807, 2.05) is 32.6 Å². The molecule has 0 unspecified atom stereocenters. The van der Waals surface area contributed by atoms with E-state index < -0.39 is 18.3 Å². The standard InChI is InChI=1S/C21H25BN4O3S/c1-13-14-8-12-30-15(14)7-11-25(13)19(27)16-17(24-26-10-6-9-23-18(16)26)22-28-20(2,3)21(4,5)29-22/h6,8-10,12-13H,7,11H2,1-5H3/t13-/m1/s1. The Hall–Kier alpha value is -2.23. The molecule has 1 amide bonds. The zero-order valence-electron chi connectivity index (χ0n) is 17.9. The average molecular weight is 424 g/mol. The Morgan fingerprint density at radius 3 is 2.73 bits per heavy atom. The average Bonchev–Trinajstić information content (AvgIpc) is 3.36. The van der Waals surface area contributed by atoms with Crippen LogP contribution in [0.15, 0.2) is 29.9 Å². The summed E-state index contributed by atoms with van der Waals surface area (Å²) in [6.45, 7) is 10.7. The molecule has 3 aromatic heterocycles. The van der Waals surface area contributed by atoms with E-state index in [9.17, 15) is 4.79 Å². The van der Waals surface area contributed by atoms with Gasteiger partial charge in [-0.2, -0.15) is 5.10 Å². The topological polar surface area (TPSA) is 69.0 Å². The zero-order chi connectivity index (χ0) is 21.3. The van der Waals surface area contributed by atoms with Crippen molar-refractivity contribution in [2.75, 3.05) is 6.54 Å². The van der Waals surface area contributed by atoms with Crippen LogP contribution in [0.3, 0.4) is 0 Å². The Kier molecular flexibility index (Phi) is 4.36. The first-order valence-electron chi connectivity index (χ1n) is 10.3. The summed E-state index contributed by atoms with van der Waals surface area (Å²) >= 11 is 1.76. The van der Waals surface area contributed by atoms with Crippen LogP contribution < -0.4 is 5.59 Å². The van der Waals surface area contributed by atoms with Crippen molar-refractivity contribution in [2.45, 2.75) is 58.3 Å². The zero-order valence-corrected chi connectivity index (χ0v) is 18.7. The molecule has 2 aliphatic rings. The molecule has 0 bridgehead atoms. The van der Waals surface area contributed by atoms with Crippen LogP contribution in [0, 0.1) is 0 Å². The normalized spacial score (nSPS) is 22.5. The van der Waals surface area contributed by atoms with E-state index in [1.54, 1.807) is 34.3 Å². The molecule has 5 rings (SSSR count). The molecule has 0 aromatic carbocycles. The van der Waals surface area contributed by atoms with Gasteiger partial charge in [0, 0.05) is 23.8 Å². The lowest BCUT2D eigenvalue weighted by molar-refractivity contribution is 0.00578. The van der Waals surface area contributed by atoms with Crippen LogP contribution in [0.25, 0.3) is 5.65 Å². The van der Waals surface area contributed by atoms with E-state index in [-0.39, 0.29) is 11.9 Å². The first kappa shape index (κ1) is 19.7. The Balaban J connectivity index is 1.59. The maximum atomic E-state index is 13.8. The number of amides is 1. The number of hydrogen-bond acceptors (Lipinski definition) is 6. The van der Waals surface area contributed by atoms with Crippen molar-refractivity contribution in [3.05, 3.63) is 45.9 Å². The molecule has 0 N–H and O–H groups in total. The molecule has 30 heavy (non-hydrogen) atoms. The molecular weight excluding hydrogens is 399 g/mol. The van der Waals surface area contributed by atoms with Gasteiger partial charge in [0.2, 0.25) is 0 Å². The first-order chi connectivity index (χ1) is 14.2. The molecule has 7 nitrogen and oxygen atoms in total. The number of carbonyl (C=O) groups is 1. The molecule has 0 radical (unpaired) electrons. The van der Waals surface area contributed by atoms with Gasteiger partial charge < -0.3 is 14.2 Å². The fraction of sp³-hybridized carbons (Fsp3) is 0.476. The molecule has 1 atom stereocenters. The maximum Gasteiger partial charge on any atom is 0.517 e. The van der Waals surface area contributed by atoms with Gasteiger partial charge in [-0.15, -0.1) is 11.3 Å². The summed E-state index contributed by atoms with van der Waals surface area (Å²) in [6.07, 6.45) is 4.34. The number of hydrogen-bond donors (Lipinski definition) is 0.